The second-order valence-electron chi connectivity index (χ2n) is 17.2. The van der Waals surface area contributed by atoms with Crippen molar-refractivity contribution < 1.29 is 23.9 Å². The maximum absolute atomic E-state index is 12.4. The van der Waals surface area contributed by atoms with Crippen molar-refractivity contribution >= 4 is 23.1 Å². The SMILES string of the molecule is CC(C)(C)c1ccc(C(=O)CC(=O)c2ccc(C(C)(C)C)cc2)cc1.CCCCCCCCCCCCCCCCCC(=O)CC(=O)c1ccc(OC)cc1. The Morgan fingerprint density at radius 2 is 0.745 bits per heavy atom. The monoisotopic (exact) mass is 753 g/mol. The van der Waals surface area contributed by atoms with E-state index in [2.05, 4.69) is 48.5 Å². The number of ketones is 4. The minimum Gasteiger partial charge on any atom is -0.497 e. The van der Waals surface area contributed by atoms with E-state index in [-0.39, 0.29) is 46.8 Å². The van der Waals surface area contributed by atoms with Gasteiger partial charge in [0.25, 0.3) is 0 Å². The van der Waals surface area contributed by atoms with Crippen LogP contribution in [-0.2, 0) is 15.6 Å². The lowest BCUT2D eigenvalue weighted by Gasteiger charge is -2.19. The highest BCUT2D eigenvalue weighted by atomic mass is 16.5. The van der Waals surface area contributed by atoms with Crippen LogP contribution in [0.25, 0.3) is 0 Å². The van der Waals surface area contributed by atoms with Gasteiger partial charge in [0.2, 0.25) is 0 Å². The molecule has 0 fully saturated rings. The Balaban J connectivity index is 0.000000386. The van der Waals surface area contributed by atoms with Gasteiger partial charge in [-0.25, -0.2) is 0 Å². The molecule has 0 unspecified atom stereocenters. The number of hydrogen-bond acceptors (Lipinski definition) is 5. The molecule has 0 radical (unpaired) electrons. The first-order chi connectivity index (χ1) is 26.1. The predicted octanol–water partition coefficient (Wildman–Crippen LogP) is 13.8. The quantitative estimate of drug-likeness (QED) is 0.0517. The van der Waals surface area contributed by atoms with Gasteiger partial charge in [0, 0.05) is 23.1 Å². The summed E-state index contributed by atoms with van der Waals surface area (Å²) >= 11 is 0. The van der Waals surface area contributed by atoms with Gasteiger partial charge in [-0.1, -0.05) is 187 Å². The molecule has 0 aromatic heterocycles. The summed E-state index contributed by atoms with van der Waals surface area (Å²) < 4.78 is 5.09. The second-order valence-corrected chi connectivity index (χ2v) is 17.2. The van der Waals surface area contributed by atoms with Gasteiger partial charge >= 0.3 is 0 Å². The molecule has 55 heavy (non-hydrogen) atoms. The molecular formula is C50H72O5. The molecule has 0 bridgehead atoms. The molecule has 0 aliphatic carbocycles. The van der Waals surface area contributed by atoms with Crippen LogP contribution < -0.4 is 4.74 Å². The van der Waals surface area contributed by atoms with Crippen LogP contribution in [0.2, 0.25) is 0 Å². The van der Waals surface area contributed by atoms with Crippen molar-refractivity contribution in [3.63, 3.8) is 0 Å². The summed E-state index contributed by atoms with van der Waals surface area (Å²) in [5.41, 5.74) is 4.21. The molecular weight excluding hydrogens is 681 g/mol. The van der Waals surface area contributed by atoms with Gasteiger partial charge in [-0.2, -0.15) is 0 Å². The first-order valence-electron chi connectivity index (χ1n) is 21.1. The number of hydrogen-bond donors (Lipinski definition) is 0. The van der Waals surface area contributed by atoms with Crippen LogP contribution in [0.1, 0.15) is 206 Å². The molecule has 5 heteroatoms. The normalized spacial score (nSPS) is 11.4. The van der Waals surface area contributed by atoms with Crippen LogP contribution in [0.3, 0.4) is 0 Å². The molecule has 0 N–H and O–H groups in total. The van der Waals surface area contributed by atoms with E-state index in [1.165, 1.54) is 94.6 Å². The van der Waals surface area contributed by atoms with Crippen molar-refractivity contribution in [2.24, 2.45) is 0 Å². The summed E-state index contributed by atoms with van der Waals surface area (Å²) in [6.07, 6.45) is 20.2. The van der Waals surface area contributed by atoms with Crippen LogP contribution in [0, 0.1) is 0 Å². The van der Waals surface area contributed by atoms with Crippen LogP contribution in [0.4, 0.5) is 0 Å². The molecule has 0 saturated carbocycles. The zero-order valence-corrected chi connectivity index (χ0v) is 35.7. The Hall–Kier alpha value is -3.86. The van der Waals surface area contributed by atoms with E-state index in [4.69, 9.17) is 4.74 Å². The highest BCUT2D eigenvalue weighted by molar-refractivity contribution is 6.13. The lowest BCUT2D eigenvalue weighted by atomic mass is 9.86. The van der Waals surface area contributed by atoms with Gasteiger partial charge in [-0.05, 0) is 52.6 Å². The summed E-state index contributed by atoms with van der Waals surface area (Å²) in [5.74, 6) is 0.417. The molecule has 0 spiro atoms. The fourth-order valence-corrected chi connectivity index (χ4v) is 6.50. The van der Waals surface area contributed by atoms with Crippen molar-refractivity contribution in [1.29, 1.82) is 0 Å². The van der Waals surface area contributed by atoms with Gasteiger partial charge < -0.3 is 4.74 Å². The molecule has 0 amide bonds. The lowest BCUT2D eigenvalue weighted by Crippen LogP contribution is -2.13. The van der Waals surface area contributed by atoms with E-state index in [1.54, 1.807) is 31.4 Å². The van der Waals surface area contributed by atoms with Gasteiger partial charge in [0.05, 0.1) is 20.0 Å². The van der Waals surface area contributed by atoms with Gasteiger partial charge in [-0.3, -0.25) is 19.2 Å². The van der Waals surface area contributed by atoms with Crippen molar-refractivity contribution in [1.82, 2.24) is 0 Å². The topological polar surface area (TPSA) is 77.5 Å². The summed E-state index contributed by atoms with van der Waals surface area (Å²) in [4.78, 5) is 49.0. The summed E-state index contributed by atoms with van der Waals surface area (Å²) in [6.45, 7) is 15.1. The third-order valence-electron chi connectivity index (χ3n) is 10.3. The molecule has 0 atom stereocenters. The average Bonchev–Trinajstić information content (AvgIpc) is 3.16. The van der Waals surface area contributed by atoms with Crippen LogP contribution in [0.15, 0.2) is 72.8 Å². The van der Waals surface area contributed by atoms with Gasteiger partial charge in [0.15, 0.2) is 17.3 Å². The van der Waals surface area contributed by atoms with Crippen molar-refractivity contribution in [2.75, 3.05) is 7.11 Å². The summed E-state index contributed by atoms with van der Waals surface area (Å²) in [7, 11) is 1.59. The predicted molar refractivity (Wildman–Crippen MR) is 230 cm³/mol. The average molecular weight is 753 g/mol. The first kappa shape index (κ1) is 47.3. The van der Waals surface area contributed by atoms with E-state index in [1.807, 2.05) is 48.5 Å². The highest BCUT2D eigenvalue weighted by Gasteiger charge is 2.18. The van der Waals surface area contributed by atoms with Gasteiger partial charge in [-0.15, -0.1) is 0 Å². The van der Waals surface area contributed by atoms with Crippen molar-refractivity contribution in [3.05, 3.63) is 101 Å². The number of benzene rings is 3. The Morgan fingerprint density at radius 1 is 0.436 bits per heavy atom. The van der Waals surface area contributed by atoms with E-state index < -0.39 is 0 Å². The van der Waals surface area contributed by atoms with E-state index in [0.29, 0.717) is 23.1 Å². The fraction of sp³-hybridized carbons (Fsp3) is 0.560. The second kappa shape index (κ2) is 25.3. The fourth-order valence-electron chi connectivity index (χ4n) is 6.50. The number of unbranched alkanes of at least 4 members (excludes halogenated alkanes) is 14. The lowest BCUT2D eigenvalue weighted by molar-refractivity contribution is -0.118. The Morgan fingerprint density at radius 3 is 1.07 bits per heavy atom. The minimum absolute atomic E-state index is 0.0188. The van der Waals surface area contributed by atoms with Crippen LogP contribution in [-0.4, -0.2) is 30.2 Å². The molecule has 3 rings (SSSR count). The molecule has 302 valence electrons. The molecule has 5 nitrogen and oxygen atoms in total. The highest BCUT2D eigenvalue weighted by Crippen LogP contribution is 2.24. The van der Waals surface area contributed by atoms with Gasteiger partial charge in [0.1, 0.15) is 11.5 Å². The number of carbonyl (C=O) groups excluding carboxylic acids is 4. The maximum Gasteiger partial charge on any atom is 0.170 e. The molecule has 3 aromatic carbocycles. The largest absolute Gasteiger partial charge is 0.497 e. The standard InChI is InChI=1S/C27H44O3.C23H28O2/c1-3-4-5-6-7-8-9-10-11-12-13-14-15-16-17-18-25(28)23-27(29)24-19-21-26(30-2)22-20-24;1-22(2,3)18-11-7-16(8-12-18)20(24)15-21(25)17-9-13-19(14-10-17)23(4,5)6/h19-22H,3-18,23H2,1-2H3;7-14H,15H2,1-6H3. The van der Waals surface area contributed by atoms with E-state index in [9.17, 15) is 19.2 Å². The summed E-state index contributed by atoms with van der Waals surface area (Å²) in [6, 6.07) is 22.1. The maximum atomic E-state index is 12.4. The number of Topliss-reactive ketones (excluding diaryl/α,β-unsaturated/α-hetero) is 4. The first-order valence-corrected chi connectivity index (χ1v) is 21.1. The zero-order chi connectivity index (χ0) is 40.7. The Kier molecular flexibility index (Phi) is 21.8. The van der Waals surface area contributed by atoms with Crippen molar-refractivity contribution in [3.8, 4) is 5.75 Å². The number of ether oxygens (including phenoxy) is 1. The number of methoxy groups -OCH3 is 1. The van der Waals surface area contributed by atoms with Crippen LogP contribution >= 0.6 is 0 Å². The summed E-state index contributed by atoms with van der Waals surface area (Å²) in [5, 5.41) is 0. The molecule has 0 aliphatic heterocycles. The van der Waals surface area contributed by atoms with E-state index >= 15 is 0 Å². The van der Waals surface area contributed by atoms with Crippen LogP contribution in [0.5, 0.6) is 5.75 Å². The Bertz CT molecular complexity index is 1480. The van der Waals surface area contributed by atoms with E-state index in [0.717, 1.165) is 18.6 Å². The Labute approximate surface area is 334 Å². The third-order valence-corrected chi connectivity index (χ3v) is 10.3. The molecule has 0 heterocycles. The zero-order valence-electron chi connectivity index (χ0n) is 35.7. The number of rotatable bonds is 24. The molecule has 0 aliphatic rings. The minimum atomic E-state index is -0.134. The number of carbonyl (C=O) groups is 4. The molecule has 0 saturated heterocycles. The smallest absolute Gasteiger partial charge is 0.170 e. The third kappa shape index (κ3) is 19.5. The molecule has 3 aromatic rings. The van der Waals surface area contributed by atoms with Crippen molar-refractivity contribution in [2.45, 2.75) is 175 Å².